The molecule has 1 aromatic carbocycles. The van der Waals surface area contributed by atoms with Gasteiger partial charge in [0, 0.05) is 17.3 Å². The van der Waals surface area contributed by atoms with E-state index in [1.807, 2.05) is 30.3 Å². The third kappa shape index (κ3) is 2.06. The quantitative estimate of drug-likeness (QED) is 0.715. The molecule has 0 saturated carbocycles. The van der Waals surface area contributed by atoms with Crippen LogP contribution in [0.2, 0.25) is 0 Å². The van der Waals surface area contributed by atoms with Crippen molar-refractivity contribution in [1.29, 1.82) is 0 Å². The minimum absolute atomic E-state index is 0.521. The number of rotatable bonds is 2. The predicted octanol–water partition coefficient (Wildman–Crippen LogP) is 2.35. The molecular weight excluding hydrogens is 226 g/mol. The van der Waals surface area contributed by atoms with E-state index in [-0.39, 0.29) is 0 Å². The fourth-order valence-corrected chi connectivity index (χ4v) is 1.69. The van der Waals surface area contributed by atoms with Crippen LogP contribution in [0, 0.1) is 0 Å². The van der Waals surface area contributed by atoms with E-state index in [1.54, 1.807) is 18.6 Å². The largest absolute Gasteiger partial charge is 0.396 e. The molecule has 0 amide bonds. The fourth-order valence-electron chi connectivity index (χ4n) is 1.69. The molecule has 5 heteroatoms. The first kappa shape index (κ1) is 10.5. The molecule has 88 valence electrons. The molecule has 0 aliphatic heterocycles. The molecule has 3 rings (SSSR count). The first-order valence-corrected chi connectivity index (χ1v) is 5.50. The van der Waals surface area contributed by atoms with Crippen molar-refractivity contribution in [2.45, 2.75) is 0 Å². The molecule has 0 radical (unpaired) electrons. The van der Waals surface area contributed by atoms with Crippen LogP contribution in [-0.2, 0) is 0 Å². The normalized spacial score (nSPS) is 10.4. The Morgan fingerprint density at radius 1 is 1.00 bits per heavy atom. The minimum Gasteiger partial charge on any atom is -0.396 e. The van der Waals surface area contributed by atoms with E-state index < -0.39 is 0 Å². The van der Waals surface area contributed by atoms with Gasteiger partial charge in [-0.3, -0.25) is 4.98 Å². The van der Waals surface area contributed by atoms with Gasteiger partial charge in [0.05, 0.1) is 23.6 Å². The van der Waals surface area contributed by atoms with E-state index in [2.05, 4.69) is 20.3 Å². The highest BCUT2D eigenvalue weighted by Gasteiger charge is 1.99. The number of aromatic nitrogens is 3. The smallest absolute Gasteiger partial charge is 0.227 e. The summed E-state index contributed by atoms with van der Waals surface area (Å²) in [6, 6.07) is 9.81. The molecule has 5 nitrogen and oxygen atoms in total. The molecule has 0 unspecified atom stereocenters. The molecule has 18 heavy (non-hydrogen) atoms. The van der Waals surface area contributed by atoms with Gasteiger partial charge in [0.1, 0.15) is 0 Å². The highest BCUT2D eigenvalue weighted by molar-refractivity contribution is 5.82. The van der Waals surface area contributed by atoms with E-state index in [1.165, 1.54) is 0 Å². The number of hydrogen-bond acceptors (Lipinski definition) is 5. The Hall–Kier alpha value is -2.69. The van der Waals surface area contributed by atoms with Crippen molar-refractivity contribution in [3.8, 4) is 0 Å². The molecule has 3 N–H and O–H groups in total. The third-order valence-corrected chi connectivity index (χ3v) is 2.53. The van der Waals surface area contributed by atoms with Gasteiger partial charge in [-0.2, -0.15) is 0 Å². The lowest BCUT2D eigenvalue weighted by Crippen LogP contribution is -1.97. The van der Waals surface area contributed by atoms with Crippen molar-refractivity contribution in [2.24, 2.45) is 0 Å². The summed E-state index contributed by atoms with van der Waals surface area (Å²) in [5.74, 6) is 0.521. The number of anilines is 3. The molecule has 0 aliphatic carbocycles. The maximum Gasteiger partial charge on any atom is 0.227 e. The summed E-state index contributed by atoms with van der Waals surface area (Å²) in [6.07, 6.45) is 4.91. The molecule has 0 saturated heterocycles. The summed E-state index contributed by atoms with van der Waals surface area (Å²) in [5, 5.41) is 4.19. The highest BCUT2D eigenvalue weighted by Crippen LogP contribution is 2.19. The van der Waals surface area contributed by atoms with Crippen LogP contribution in [0.1, 0.15) is 0 Å². The van der Waals surface area contributed by atoms with Crippen LogP contribution in [0.3, 0.4) is 0 Å². The SMILES string of the molecule is Nc1cnc(Nc2ccc3ncccc3c2)nc1. The lowest BCUT2D eigenvalue weighted by molar-refractivity contribution is 1.17. The standard InChI is InChI=1S/C13H11N5/c14-10-7-16-13(17-8-10)18-11-3-4-12-9(6-11)2-1-5-15-12/h1-8H,14H2,(H,16,17,18). The summed E-state index contributed by atoms with van der Waals surface area (Å²) in [6.45, 7) is 0. The second-order valence-corrected chi connectivity index (χ2v) is 3.88. The van der Waals surface area contributed by atoms with Crippen molar-refractivity contribution < 1.29 is 0 Å². The molecule has 3 aromatic rings. The summed E-state index contributed by atoms with van der Waals surface area (Å²) < 4.78 is 0. The van der Waals surface area contributed by atoms with Crippen LogP contribution in [0.4, 0.5) is 17.3 Å². The third-order valence-electron chi connectivity index (χ3n) is 2.53. The van der Waals surface area contributed by atoms with Crippen LogP contribution >= 0.6 is 0 Å². The van der Waals surface area contributed by atoms with Crippen LogP contribution in [0.15, 0.2) is 48.9 Å². The van der Waals surface area contributed by atoms with Gasteiger partial charge in [0.25, 0.3) is 0 Å². The number of pyridine rings is 1. The molecule has 0 bridgehead atoms. The zero-order chi connectivity index (χ0) is 12.4. The van der Waals surface area contributed by atoms with Crippen LogP contribution in [0.25, 0.3) is 10.9 Å². The summed E-state index contributed by atoms with van der Waals surface area (Å²) in [7, 11) is 0. The van der Waals surface area contributed by atoms with Crippen LogP contribution < -0.4 is 11.1 Å². The Labute approximate surface area is 104 Å². The van der Waals surface area contributed by atoms with Gasteiger partial charge >= 0.3 is 0 Å². The summed E-state index contributed by atoms with van der Waals surface area (Å²) in [4.78, 5) is 12.4. The molecule has 0 spiro atoms. The van der Waals surface area contributed by atoms with Gasteiger partial charge in [0.15, 0.2) is 0 Å². The van der Waals surface area contributed by atoms with E-state index in [0.717, 1.165) is 16.6 Å². The Morgan fingerprint density at radius 3 is 2.67 bits per heavy atom. The second kappa shape index (κ2) is 4.29. The highest BCUT2D eigenvalue weighted by atomic mass is 15.1. The first-order chi connectivity index (χ1) is 8.81. The predicted molar refractivity (Wildman–Crippen MR) is 71.5 cm³/mol. The van der Waals surface area contributed by atoms with E-state index in [9.17, 15) is 0 Å². The summed E-state index contributed by atoms with van der Waals surface area (Å²) in [5.41, 5.74) is 7.95. The average Bonchev–Trinajstić information content (AvgIpc) is 2.41. The van der Waals surface area contributed by atoms with Crippen molar-refractivity contribution in [2.75, 3.05) is 11.1 Å². The maximum atomic E-state index is 5.53. The van der Waals surface area contributed by atoms with Gasteiger partial charge in [-0.25, -0.2) is 9.97 Å². The zero-order valence-corrected chi connectivity index (χ0v) is 9.54. The number of fused-ring (bicyclic) bond motifs is 1. The van der Waals surface area contributed by atoms with Gasteiger partial charge in [0.2, 0.25) is 5.95 Å². The Bertz CT molecular complexity index is 678. The van der Waals surface area contributed by atoms with Crippen LogP contribution in [0.5, 0.6) is 0 Å². The Kier molecular flexibility index (Phi) is 2.49. The maximum absolute atomic E-state index is 5.53. The monoisotopic (exact) mass is 237 g/mol. The molecule has 2 heterocycles. The second-order valence-electron chi connectivity index (χ2n) is 3.88. The number of benzene rings is 1. The number of hydrogen-bond donors (Lipinski definition) is 2. The molecule has 0 aliphatic rings. The first-order valence-electron chi connectivity index (χ1n) is 5.50. The van der Waals surface area contributed by atoms with Crippen molar-refractivity contribution in [1.82, 2.24) is 15.0 Å². The lowest BCUT2D eigenvalue weighted by Gasteiger charge is -2.05. The van der Waals surface area contributed by atoms with Crippen molar-refractivity contribution in [3.63, 3.8) is 0 Å². The zero-order valence-electron chi connectivity index (χ0n) is 9.54. The number of nitrogens with one attached hydrogen (secondary N) is 1. The van der Waals surface area contributed by atoms with E-state index in [4.69, 9.17) is 5.73 Å². The molecule has 2 aromatic heterocycles. The van der Waals surface area contributed by atoms with Gasteiger partial charge < -0.3 is 11.1 Å². The minimum atomic E-state index is 0.521. The van der Waals surface area contributed by atoms with Gasteiger partial charge in [-0.1, -0.05) is 6.07 Å². The van der Waals surface area contributed by atoms with Gasteiger partial charge in [-0.05, 0) is 24.3 Å². The Balaban J connectivity index is 1.92. The fraction of sp³-hybridized carbons (Fsp3) is 0. The molecule has 0 atom stereocenters. The number of nitrogens with two attached hydrogens (primary N) is 1. The lowest BCUT2D eigenvalue weighted by atomic mass is 10.2. The van der Waals surface area contributed by atoms with Crippen molar-refractivity contribution in [3.05, 3.63) is 48.9 Å². The Morgan fingerprint density at radius 2 is 1.83 bits per heavy atom. The summed E-state index contributed by atoms with van der Waals surface area (Å²) >= 11 is 0. The number of nitrogens with zero attached hydrogens (tertiary/aromatic N) is 3. The average molecular weight is 237 g/mol. The van der Waals surface area contributed by atoms with Crippen molar-refractivity contribution >= 4 is 28.2 Å². The van der Waals surface area contributed by atoms with E-state index in [0.29, 0.717) is 11.6 Å². The topological polar surface area (TPSA) is 76.7 Å². The number of nitrogen functional groups attached to an aromatic ring is 1. The van der Waals surface area contributed by atoms with Crippen LogP contribution in [-0.4, -0.2) is 15.0 Å². The van der Waals surface area contributed by atoms with Gasteiger partial charge in [-0.15, -0.1) is 0 Å². The van der Waals surface area contributed by atoms with E-state index >= 15 is 0 Å². The molecule has 0 fully saturated rings. The molecular formula is C13H11N5.